The summed E-state index contributed by atoms with van der Waals surface area (Å²) in [5.74, 6) is 0.690. The molecule has 0 atom stereocenters. The first-order valence-electron chi connectivity index (χ1n) is 6.51. The standard InChI is InChI=1S/C12H22BO2/c14-13-15-12(9-5-2-6-10-12)11-7-3-1-4-8-11/h11,14H,1-10H2. The quantitative estimate of drug-likeness (QED) is 0.724. The van der Waals surface area contributed by atoms with Gasteiger partial charge in [-0.05, 0) is 31.6 Å². The summed E-state index contributed by atoms with van der Waals surface area (Å²) in [6.45, 7) is 0. The van der Waals surface area contributed by atoms with E-state index in [-0.39, 0.29) is 5.60 Å². The average molecular weight is 209 g/mol. The van der Waals surface area contributed by atoms with Crippen molar-refractivity contribution in [3.05, 3.63) is 0 Å². The molecule has 0 aromatic rings. The fourth-order valence-corrected chi connectivity index (χ4v) is 3.51. The first-order chi connectivity index (χ1) is 7.37. The molecule has 2 rings (SSSR count). The SMILES string of the molecule is O[B]OC1(C2CCCCC2)CCCCC1. The van der Waals surface area contributed by atoms with Gasteiger partial charge in [-0.1, -0.05) is 38.5 Å². The van der Waals surface area contributed by atoms with Crippen LogP contribution in [0, 0.1) is 5.92 Å². The predicted molar refractivity (Wildman–Crippen MR) is 61.4 cm³/mol. The van der Waals surface area contributed by atoms with Crippen molar-refractivity contribution in [2.45, 2.75) is 69.8 Å². The van der Waals surface area contributed by atoms with E-state index in [1.54, 1.807) is 0 Å². The maximum atomic E-state index is 8.97. The van der Waals surface area contributed by atoms with Crippen molar-refractivity contribution in [1.82, 2.24) is 0 Å². The van der Waals surface area contributed by atoms with E-state index in [9.17, 15) is 0 Å². The third-order valence-electron chi connectivity index (χ3n) is 4.34. The summed E-state index contributed by atoms with van der Waals surface area (Å²) in [6, 6.07) is 0. The average Bonchev–Trinajstić information content (AvgIpc) is 2.32. The second-order valence-corrected chi connectivity index (χ2v) is 5.18. The fraction of sp³-hybridized carbons (Fsp3) is 1.00. The Morgan fingerprint density at radius 3 is 2.13 bits per heavy atom. The molecule has 1 N–H and O–H groups in total. The van der Waals surface area contributed by atoms with Crippen LogP contribution in [0.4, 0.5) is 0 Å². The number of rotatable bonds is 3. The van der Waals surface area contributed by atoms with E-state index in [0.717, 1.165) is 20.5 Å². The first kappa shape index (κ1) is 11.5. The van der Waals surface area contributed by atoms with Crippen LogP contribution in [0.2, 0.25) is 0 Å². The zero-order chi connectivity index (χ0) is 10.6. The van der Waals surface area contributed by atoms with Gasteiger partial charge < -0.3 is 9.68 Å². The lowest BCUT2D eigenvalue weighted by Crippen LogP contribution is -2.44. The molecule has 15 heavy (non-hydrogen) atoms. The van der Waals surface area contributed by atoms with Crippen LogP contribution in [-0.4, -0.2) is 18.3 Å². The van der Waals surface area contributed by atoms with Gasteiger partial charge in [0.25, 0.3) is 0 Å². The molecule has 0 saturated heterocycles. The van der Waals surface area contributed by atoms with Crippen molar-refractivity contribution < 1.29 is 9.68 Å². The molecule has 0 heterocycles. The normalized spacial score (nSPS) is 27.5. The van der Waals surface area contributed by atoms with Gasteiger partial charge >= 0.3 is 7.69 Å². The minimum atomic E-state index is -0.00653. The highest BCUT2D eigenvalue weighted by atomic mass is 16.5. The smallest absolute Gasteiger partial charge is 0.429 e. The maximum Gasteiger partial charge on any atom is 0.485 e. The van der Waals surface area contributed by atoms with Crippen molar-refractivity contribution in [3.8, 4) is 0 Å². The van der Waals surface area contributed by atoms with Crippen molar-refractivity contribution in [2.75, 3.05) is 0 Å². The lowest BCUT2D eigenvalue weighted by atomic mass is 9.69. The molecule has 2 nitrogen and oxygen atoms in total. The summed E-state index contributed by atoms with van der Waals surface area (Å²) in [4.78, 5) is 0. The topological polar surface area (TPSA) is 29.5 Å². The molecule has 0 aromatic carbocycles. The fourth-order valence-electron chi connectivity index (χ4n) is 3.51. The highest BCUT2D eigenvalue weighted by molar-refractivity contribution is 6.16. The van der Waals surface area contributed by atoms with Gasteiger partial charge in [0.15, 0.2) is 0 Å². The van der Waals surface area contributed by atoms with E-state index in [1.807, 2.05) is 0 Å². The van der Waals surface area contributed by atoms with Crippen molar-refractivity contribution >= 4 is 7.69 Å². The second kappa shape index (κ2) is 5.35. The van der Waals surface area contributed by atoms with Crippen LogP contribution in [0.25, 0.3) is 0 Å². The molecular weight excluding hydrogens is 187 g/mol. The Kier molecular flexibility index (Phi) is 4.09. The monoisotopic (exact) mass is 209 g/mol. The van der Waals surface area contributed by atoms with Gasteiger partial charge in [0.1, 0.15) is 0 Å². The minimum Gasteiger partial charge on any atom is -0.429 e. The van der Waals surface area contributed by atoms with E-state index in [1.165, 1.54) is 51.4 Å². The highest BCUT2D eigenvalue weighted by Gasteiger charge is 2.40. The molecule has 0 bridgehead atoms. The minimum absolute atomic E-state index is 0.00653. The third kappa shape index (κ3) is 2.56. The highest BCUT2D eigenvalue weighted by Crippen LogP contribution is 2.43. The Morgan fingerprint density at radius 2 is 1.53 bits per heavy atom. The summed E-state index contributed by atoms with van der Waals surface area (Å²) in [6.07, 6.45) is 12.8. The maximum absolute atomic E-state index is 8.97. The van der Waals surface area contributed by atoms with Crippen molar-refractivity contribution in [3.63, 3.8) is 0 Å². The Hall–Kier alpha value is -0.0151. The molecule has 0 spiro atoms. The van der Waals surface area contributed by atoms with E-state index < -0.39 is 0 Å². The van der Waals surface area contributed by atoms with Crippen LogP contribution >= 0.6 is 0 Å². The van der Waals surface area contributed by atoms with Gasteiger partial charge in [-0.3, -0.25) is 0 Å². The zero-order valence-corrected chi connectivity index (χ0v) is 9.58. The molecule has 0 unspecified atom stereocenters. The van der Waals surface area contributed by atoms with Crippen LogP contribution in [0.5, 0.6) is 0 Å². The predicted octanol–water partition coefficient (Wildman–Crippen LogP) is 2.81. The first-order valence-corrected chi connectivity index (χ1v) is 6.51. The summed E-state index contributed by atoms with van der Waals surface area (Å²) >= 11 is 0. The molecule has 0 amide bonds. The van der Waals surface area contributed by atoms with E-state index in [0.29, 0.717) is 5.92 Å². The zero-order valence-electron chi connectivity index (χ0n) is 9.58. The van der Waals surface area contributed by atoms with Crippen molar-refractivity contribution in [1.29, 1.82) is 0 Å². The summed E-state index contributed by atoms with van der Waals surface area (Å²) < 4.78 is 5.64. The molecule has 2 saturated carbocycles. The van der Waals surface area contributed by atoms with Gasteiger partial charge in [0, 0.05) is 0 Å². The number of hydrogen-bond acceptors (Lipinski definition) is 2. The molecule has 2 fully saturated rings. The van der Waals surface area contributed by atoms with Gasteiger partial charge in [-0.25, -0.2) is 0 Å². The molecule has 2 aliphatic carbocycles. The molecule has 0 aliphatic heterocycles. The Labute approximate surface area is 93.7 Å². The van der Waals surface area contributed by atoms with Gasteiger partial charge in [-0.15, -0.1) is 0 Å². The molecule has 1 radical (unpaired) electrons. The van der Waals surface area contributed by atoms with E-state index >= 15 is 0 Å². The van der Waals surface area contributed by atoms with Crippen LogP contribution in [0.1, 0.15) is 64.2 Å². The second-order valence-electron chi connectivity index (χ2n) is 5.18. The molecular formula is C12H22BO2. The largest absolute Gasteiger partial charge is 0.485 e. The van der Waals surface area contributed by atoms with Crippen LogP contribution in [-0.2, 0) is 4.65 Å². The van der Waals surface area contributed by atoms with Crippen molar-refractivity contribution in [2.24, 2.45) is 5.92 Å². The molecule has 2 aliphatic rings. The molecule has 3 heteroatoms. The molecule has 0 aromatic heterocycles. The van der Waals surface area contributed by atoms with Crippen LogP contribution < -0.4 is 0 Å². The summed E-state index contributed by atoms with van der Waals surface area (Å²) in [5, 5.41) is 8.97. The van der Waals surface area contributed by atoms with Crippen LogP contribution in [0.3, 0.4) is 0 Å². The Bertz CT molecular complexity index is 179. The summed E-state index contributed by atoms with van der Waals surface area (Å²) in [5.41, 5.74) is -0.00653. The van der Waals surface area contributed by atoms with Gasteiger partial charge in [0.05, 0.1) is 5.60 Å². The lowest BCUT2D eigenvalue weighted by molar-refractivity contribution is -0.0456. The van der Waals surface area contributed by atoms with E-state index in [4.69, 9.17) is 9.68 Å². The Balaban J connectivity index is 2.01. The van der Waals surface area contributed by atoms with Gasteiger partial charge in [-0.2, -0.15) is 0 Å². The molecule has 85 valence electrons. The lowest BCUT2D eigenvalue weighted by Gasteiger charge is -2.45. The Morgan fingerprint density at radius 1 is 0.933 bits per heavy atom. The van der Waals surface area contributed by atoms with E-state index in [2.05, 4.69) is 0 Å². The number of hydrogen-bond donors (Lipinski definition) is 1. The summed E-state index contributed by atoms with van der Waals surface area (Å²) in [7, 11) is 0.944. The third-order valence-corrected chi connectivity index (χ3v) is 4.34. The van der Waals surface area contributed by atoms with Gasteiger partial charge in [0.2, 0.25) is 0 Å². The van der Waals surface area contributed by atoms with Crippen LogP contribution in [0.15, 0.2) is 0 Å².